The molecular formula is C12H15F3N2O2S. The van der Waals surface area contributed by atoms with E-state index in [9.17, 15) is 18.0 Å². The highest BCUT2D eigenvalue weighted by molar-refractivity contribution is 7.98. The highest BCUT2D eigenvalue weighted by atomic mass is 32.2. The lowest BCUT2D eigenvalue weighted by atomic mass is 10.3. The van der Waals surface area contributed by atoms with Crippen LogP contribution in [0.15, 0.2) is 18.3 Å². The van der Waals surface area contributed by atoms with Crippen molar-refractivity contribution in [3.8, 4) is 5.75 Å². The Balaban J connectivity index is 2.76. The molecule has 0 spiro atoms. The second-order valence-electron chi connectivity index (χ2n) is 4.08. The van der Waals surface area contributed by atoms with Gasteiger partial charge in [-0.25, -0.2) is 4.98 Å². The van der Waals surface area contributed by atoms with Gasteiger partial charge in [0.15, 0.2) is 18.1 Å². The number of amides is 1. The number of thioether (sulfide) groups is 1. The highest BCUT2D eigenvalue weighted by Gasteiger charge is 2.29. The van der Waals surface area contributed by atoms with Crippen LogP contribution in [0.5, 0.6) is 5.75 Å². The van der Waals surface area contributed by atoms with Crippen molar-refractivity contribution in [1.29, 1.82) is 0 Å². The average Bonchev–Trinajstić information content (AvgIpc) is 2.36. The molecule has 0 aliphatic rings. The van der Waals surface area contributed by atoms with Crippen LogP contribution < -0.4 is 10.1 Å². The van der Waals surface area contributed by atoms with Crippen LogP contribution in [0.2, 0.25) is 0 Å². The van der Waals surface area contributed by atoms with E-state index in [1.807, 2.05) is 6.26 Å². The van der Waals surface area contributed by atoms with E-state index < -0.39 is 18.7 Å². The standard InChI is InChI=1S/C12H15F3N2O2S/c1-8(6-20-2)17-11(18)10-9(4-3-5-16-10)19-7-12(13,14)15/h3-5,8H,6-7H2,1-2H3,(H,17,18)/t8-/m1/s1. The molecule has 0 saturated carbocycles. The van der Waals surface area contributed by atoms with Gasteiger partial charge < -0.3 is 10.1 Å². The molecule has 1 aromatic heterocycles. The van der Waals surface area contributed by atoms with Crippen molar-refractivity contribution in [2.24, 2.45) is 0 Å². The average molecular weight is 308 g/mol. The van der Waals surface area contributed by atoms with Crippen molar-refractivity contribution in [3.63, 3.8) is 0 Å². The van der Waals surface area contributed by atoms with Crippen LogP contribution in [0.4, 0.5) is 13.2 Å². The Labute approximate surface area is 119 Å². The first kappa shape index (κ1) is 16.6. The number of pyridine rings is 1. The molecule has 112 valence electrons. The summed E-state index contributed by atoms with van der Waals surface area (Å²) in [7, 11) is 0. The van der Waals surface area contributed by atoms with Gasteiger partial charge in [0, 0.05) is 18.0 Å². The van der Waals surface area contributed by atoms with Crippen molar-refractivity contribution in [2.45, 2.75) is 19.1 Å². The lowest BCUT2D eigenvalue weighted by Crippen LogP contribution is -2.35. The van der Waals surface area contributed by atoms with Crippen molar-refractivity contribution in [2.75, 3.05) is 18.6 Å². The van der Waals surface area contributed by atoms with Gasteiger partial charge in [0.05, 0.1) is 0 Å². The summed E-state index contributed by atoms with van der Waals surface area (Å²) in [5.74, 6) is -0.0416. The van der Waals surface area contributed by atoms with Crippen LogP contribution in [-0.4, -0.2) is 41.7 Å². The molecule has 0 bridgehead atoms. The number of halogens is 3. The first-order valence-corrected chi connectivity index (χ1v) is 7.17. The van der Waals surface area contributed by atoms with Gasteiger partial charge in [0.1, 0.15) is 0 Å². The zero-order valence-electron chi connectivity index (χ0n) is 11.0. The summed E-state index contributed by atoms with van der Waals surface area (Å²) < 4.78 is 41.0. The number of nitrogens with zero attached hydrogens (tertiary/aromatic N) is 1. The second-order valence-corrected chi connectivity index (χ2v) is 4.99. The summed E-state index contributed by atoms with van der Waals surface area (Å²) in [5, 5.41) is 2.65. The van der Waals surface area contributed by atoms with E-state index in [2.05, 4.69) is 15.0 Å². The molecule has 0 aromatic carbocycles. The fourth-order valence-electron chi connectivity index (χ4n) is 1.42. The number of hydrogen-bond donors (Lipinski definition) is 1. The summed E-state index contributed by atoms with van der Waals surface area (Å²) in [6, 6.07) is 2.58. The van der Waals surface area contributed by atoms with Gasteiger partial charge in [-0.05, 0) is 25.3 Å². The number of hydrogen-bond acceptors (Lipinski definition) is 4. The van der Waals surface area contributed by atoms with Gasteiger partial charge in [0.2, 0.25) is 0 Å². The van der Waals surface area contributed by atoms with Crippen LogP contribution in [0.1, 0.15) is 17.4 Å². The zero-order valence-corrected chi connectivity index (χ0v) is 11.8. The number of aromatic nitrogens is 1. The molecule has 0 aliphatic heterocycles. The smallest absolute Gasteiger partial charge is 0.422 e. The molecule has 0 unspecified atom stereocenters. The van der Waals surface area contributed by atoms with Crippen LogP contribution in [0.3, 0.4) is 0 Å². The maximum absolute atomic E-state index is 12.1. The third-order valence-corrected chi connectivity index (χ3v) is 3.00. The minimum atomic E-state index is -4.46. The van der Waals surface area contributed by atoms with E-state index in [4.69, 9.17) is 0 Å². The first-order chi connectivity index (χ1) is 9.33. The molecule has 20 heavy (non-hydrogen) atoms. The highest BCUT2D eigenvalue weighted by Crippen LogP contribution is 2.20. The predicted molar refractivity (Wildman–Crippen MR) is 71.1 cm³/mol. The first-order valence-electron chi connectivity index (χ1n) is 5.78. The third-order valence-electron chi connectivity index (χ3n) is 2.17. The number of alkyl halides is 3. The maximum atomic E-state index is 12.1. The molecule has 0 radical (unpaired) electrons. The molecule has 1 rings (SSSR count). The van der Waals surface area contributed by atoms with Crippen LogP contribution >= 0.6 is 11.8 Å². The Morgan fingerprint density at radius 3 is 2.85 bits per heavy atom. The Morgan fingerprint density at radius 2 is 2.25 bits per heavy atom. The van der Waals surface area contributed by atoms with Gasteiger partial charge in [-0.15, -0.1) is 0 Å². The number of ether oxygens (including phenoxy) is 1. The fraction of sp³-hybridized carbons (Fsp3) is 0.500. The molecule has 1 heterocycles. The minimum Gasteiger partial charge on any atom is -0.482 e. The topological polar surface area (TPSA) is 51.2 Å². The van der Waals surface area contributed by atoms with E-state index in [-0.39, 0.29) is 17.5 Å². The van der Waals surface area contributed by atoms with E-state index in [0.29, 0.717) is 5.75 Å². The number of carbonyl (C=O) groups excluding carboxylic acids is 1. The van der Waals surface area contributed by atoms with E-state index in [0.717, 1.165) is 0 Å². The Kier molecular flexibility index (Phi) is 6.12. The van der Waals surface area contributed by atoms with Crippen molar-refractivity contribution >= 4 is 17.7 Å². The molecule has 0 fully saturated rings. The molecule has 0 aliphatic carbocycles. The quantitative estimate of drug-likeness (QED) is 0.877. The zero-order chi connectivity index (χ0) is 15.2. The molecule has 1 amide bonds. The molecule has 1 atom stereocenters. The van der Waals surface area contributed by atoms with Gasteiger partial charge in [-0.3, -0.25) is 4.79 Å². The summed E-state index contributed by atoms with van der Waals surface area (Å²) in [6.45, 7) is 0.340. The van der Waals surface area contributed by atoms with Crippen molar-refractivity contribution in [3.05, 3.63) is 24.0 Å². The molecule has 8 heteroatoms. The second kappa shape index (κ2) is 7.37. The lowest BCUT2D eigenvalue weighted by Gasteiger charge is -2.15. The van der Waals surface area contributed by atoms with Crippen LogP contribution in [0.25, 0.3) is 0 Å². The maximum Gasteiger partial charge on any atom is 0.422 e. The molecule has 1 aromatic rings. The Bertz CT molecular complexity index is 455. The Hall–Kier alpha value is -1.44. The summed E-state index contributed by atoms with van der Waals surface area (Å²) in [4.78, 5) is 15.7. The largest absolute Gasteiger partial charge is 0.482 e. The lowest BCUT2D eigenvalue weighted by molar-refractivity contribution is -0.153. The SMILES string of the molecule is CSC[C@@H](C)NC(=O)c1ncccc1OCC(F)(F)F. The summed E-state index contributed by atoms with van der Waals surface area (Å²) in [6.07, 6.45) is -1.24. The molecule has 0 saturated heterocycles. The normalized spacial score (nSPS) is 12.8. The van der Waals surface area contributed by atoms with Gasteiger partial charge in [0.25, 0.3) is 5.91 Å². The predicted octanol–water partition coefficient (Wildman–Crippen LogP) is 2.50. The summed E-state index contributed by atoms with van der Waals surface area (Å²) in [5.41, 5.74) is -0.148. The number of carbonyl (C=O) groups is 1. The van der Waals surface area contributed by atoms with E-state index in [1.165, 1.54) is 18.3 Å². The van der Waals surface area contributed by atoms with Crippen molar-refractivity contribution < 1.29 is 22.7 Å². The third kappa shape index (κ3) is 5.68. The monoisotopic (exact) mass is 308 g/mol. The Morgan fingerprint density at radius 1 is 1.55 bits per heavy atom. The molecular weight excluding hydrogens is 293 g/mol. The molecule has 4 nitrogen and oxygen atoms in total. The van der Waals surface area contributed by atoms with E-state index >= 15 is 0 Å². The van der Waals surface area contributed by atoms with Gasteiger partial charge in [-0.1, -0.05) is 0 Å². The number of rotatable bonds is 6. The van der Waals surface area contributed by atoms with Gasteiger partial charge in [-0.2, -0.15) is 24.9 Å². The summed E-state index contributed by atoms with van der Waals surface area (Å²) >= 11 is 1.55. The van der Waals surface area contributed by atoms with Crippen LogP contribution in [-0.2, 0) is 0 Å². The molecule has 1 N–H and O–H groups in total. The van der Waals surface area contributed by atoms with Crippen molar-refractivity contribution in [1.82, 2.24) is 10.3 Å². The minimum absolute atomic E-state index is 0.116. The van der Waals surface area contributed by atoms with Gasteiger partial charge >= 0.3 is 6.18 Å². The fourth-order valence-corrected chi connectivity index (χ4v) is 2.00. The van der Waals surface area contributed by atoms with Crippen LogP contribution in [0, 0.1) is 0 Å². The number of nitrogens with one attached hydrogen (secondary N) is 1. The van der Waals surface area contributed by atoms with E-state index in [1.54, 1.807) is 18.7 Å².